The van der Waals surface area contributed by atoms with E-state index in [1.807, 2.05) is 30.0 Å². The highest BCUT2D eigenvalue weighted by Crippen LogP contribution is 2.23. The highest BCUT2D eigenvalue weighted by Gasteiger charge is 2.15. The zero-order valence-corrected chi connectivity index (χ0v) is 11.8. The molecule has 0 radical (unpaired) electrons. The highest BCUT2D eigenvalue weighted by molar-refractivity contribution is 7.99. The molecule has 4 heteroatoms. The third kappa shape index (κ3) is 3.19. The minimum atomic E-state index is -0.0314. The molecule has 0 aliphatic carbocycles. The summed E-state index contributed by atoms with van der Waals surface area (Å²) in [6.45, 7) is 2.08. The number of benzene rings is 1. The number of carbonyl (C=O) groups is 1. The molecule has 1 unspecified atom stereocenters. The van der Waals surface area contributed by atoms with Gasteiger partial charge in [0, 0.05) is 30.1 Å². The molecule has 98 valence electrons. The quantitative estimate of drug-likeness (QED) is 0.882. The second kappa shape index (κ2) is 6.14. The number of nitrogens with one attached hydrogen (secondary N) is 2. The lowest BCUT2D eigenvalue weighted by atomic mass is 10.1. The molecule has 1 aliphatic rings. The number of aryl methyl sites for hydroxylation is 1. The number of rotatable bonds is 3. The Hall–Kier alpha value is -1.16. The first-order valence-corrected chi connectivity index (χ1v) is 7.53. The Labute approximate surface area is 113 Å². The second-order valence-electron chi connectivity index (χ2n) is 4.67. The second-order valence-corrected chi connectivity index (χ2v) is 5.82. The van der Waals surface area contributed by atoms with E-state index in [9.17, 15) is 4.79 Å². The van der Waals surface area contributed by atoms with Gasteiger partial charge >= 0.3 is 0 Å². The topological polar surface area (TPSA) is 41.1 Å². The van der Waals surface area contributed by atoms with Crippen LogP contribution >= 0.6 is 11.8 Å². The van der Waals surface area contributed by atoms with Gasteiger partial charge in [0.15, 0.2) is 0 Å². The number of hydrogen-bond donors (Lipinski definition) is 2. The van der Waals surface area contributed by atoms with Crippen molar-refractivity contribution in [3.8, 4) is 0 Å². The Balaban J connectivity index is 2.12. The molecule has 1 amide bonds. The number of thioether (sulfide) groups is 1. The molecule has 1 aromatic carbocycles. The first kappa shape index (κ1) is 13.3. The van der Waals surface area contributed by atoms with E-state index in [0.717, 1.165) is 11.4 Å². The lowest BCUT2D eigenvalue weighted by Crippen LogP contribution is -2.26. The van der Waals surface area contributed by atoms with E-state index in [1.165, 1.54) is 24.2 Å². The molecule has 2 N–H and O–H groups in total. The van der Waals surface area contributed by atoms with Gasteiger partial charge in [0.1, 0.15) is 0 Å². The summed E-state index contributed by atoms with van der Waals surface area (Å²) in [5.74, 6) is 2.40. The van der Waals surface area contributed by atoms with Gasteiger partial charge in [0.05, 0.1) is 0 Å². The standard InChI is InChI=1S/C14H20N2OS/c1-10-5-6-11(14(17)15-2)8-13(10)16-12-4-3-7-18-9-12/h5-6,8,12,16H,3-4,7,9H2,1-2H3,(H,15,17). The van der Waals surface area contributed by atoms with E-state index >= 15 is 0 Å². The summed E-state index contributed by atoms with van der Waals surface area (Å²) in [5, 5.41) is 6.23. The monoisotopic (exact) mass is 264 g/mol. The van der Waals surface area contributed by atoms with E-state index in [1.54, 1.807) is 7.05 Å². The molecular weight excluding hydrogens is 244 g/mol. The normalized spacial score (nSPS) is 19.3. The zero-order valence-electron chi connectivity index (χ0n) is 11.0. The number of hydrogen-bond acceptors (Lipinski definition) is 3. The summed E-state index contributed by atoms with van der Waals surface area (Å²) in [7, 11) is 1.66. The number of amides is 1. The van der Waals surface area contributed by atoms with Crippen LogP contribution in [0.4, 0.5) is 5.69 Å². The fraction of sp³-hybridized carbons (Fsp3) is 0.500. The lowest BCUT2D eigenvalue weighted by Gasteiger charge is -2.24. The van der Waals surface area contributed by atoms with Gasteiger partial charge in [0.2, 0.25) is 0 Å². The van der Waals surface area contributed by atoms with Gasteiger partial charge in [-0.05, 0) is 43.2 Å². The summed E-state index contributed by atoms with van der Waals surface area (Å²) in [5.41, 5.74) is 3.00. The molecule has 1 aliphatic heterocycles. The predicted octanol–water partition coefficient (Wildman–Crippen LogP) is 2.66. The van der Waals surface area contributed by atoms with E-state index in [-0.39, 0.29) is 5.91 Å². The molecule has 18 heavy (non-hydrogen) atoms. The van der Waals surface area contributed by atoms with Gasteiger partial charge in [-0.15, -0.1) is 0 Å². The van der Waals surface area contributed by atoms with Crippen molar-refractivity contribution >= 4 is 23.4 Å². The van der Waals surface area contributed by atoms with Crippen LogP contribution in [0.25, 0.3) is 0 Å². The van der Waals surface area contributed by atoms with Crippen LogP contribution in [-0.4, -0.2) is 30.5 Å². The van der Waals surface area contributed by atoms with Crippen molar-refractivity contribution in [1.29, 1.82) is 0 Å². The Bertz CT molecular complexity index is 428. The van der Waals surface area contributed by atoms with E-state index in [4.69, 9.17) is 0 Å². The Morgan fingerprint density at radius 2 is 2.28 bits per heavy atom. The Morgan fingerprint density at radius 1 is 1.44 bits per heavy atom. The van der Waals surface area contributed by atoms with Crippen LogP contribution in [-0.2, 0) is 0 Å². The Morgan fingerprint density at radius 3 is 2.94 bits per heavy atom. The molecule has 1 fully saturated rings. The molecule has 0 bridgehead atoms. The molecule has 3 nitrogen and oxygen atoms in total. The third-order valence-electron chi connectivity index (χ3n) is 3.25. The molecule has 2 rings (SSSR count). The summed E-state index contributed by atoms with van der Waals surface area (Å²) in [6, 6.07) is 6.35. The van der Waals surface area contributed by atoms with Crippen LogP contribution in [0.15, 0.2) is 18.2 Å². The van der Waals surface area contributed by atoms with Crippen molar-refractivity contribution in [2.45, 2.75) is 25.8 Å². The maximum Gasteiger partial charge on any atom is 0.251 e. The van der Waals surface area contributed by atoms with Crippen LogP contribution in [0.3, 0.4) is 0 Å². The van der Waals surface area contributed by atoms with Gasteiger partial charge < -0.3 is 10.6 Å². The minimum Gasteiger partial charge on any atom is -0.381 e. The molecule has 0 saturated carbocycles. The van der Waals surface area contributed by atoms with Crippen LogP contribution in [0.2, 0.25) is 0 Å². The first-order valence-electron chi connectivity index (χ1n) is 6.37. The van der Waals surface area contributed by atoms with Gasteiger partial charge in [0.25, 0.3) is 5.91 Å². The zero-order chi connectivity index (χ0) is 13.0. The maximum absolute atomic E-state index is 11.6. The van der Waals surface area contributed by atoms with E-state index in [0.29, 0.717) is 11.6 Å². The van der Waals surface area contributed by atoms with Crippen molar-refractivity contribution in [3.05, 3.63) is 29.3 Å². The van der Waals surface area contributed by atoms with Crippen molar-refractivity contribution in [2.75, 3.05) is 23.9 Å². The van der Waals surface area contributed by atoms with Crippen molar-refractivity contribution in [2.24, 2.45) is 0 Å². The average molecular weight is 264 g/mol. The summed E-state index contributed by atoms with van der Waals surface area (Å²) < 4.78 is 0. The summed E-state index contributed by atoms with van der Waals surface area (Å²) >= 11 is 2.00. The molecule has 1 heterocycles. The summed E-state index contributed by atoms with van der Waals surface area (Å²) in [4.78, 5) is 11.6. The van der Waals surface area contributed by atoms with Gasteiger partial charge in [-0.2, -0.15) is 11.8 Å². The van der Waals surface area contributed by atoms with Crippen molar-refractivity contribution in [1.82, 2.24) is 5.32 Å². The molecule has 1 saturated heterocycles. The minimum absolute atomic E-state index is 0.0314. The first-order chi connectivity index (χ1) is 8.70. The Kier molecular flexibility index (Phi) is 4.53. The van der Waals surface area contributed by atoms with Gasteiger partial charge in [-0.3, -0.25) is 4.79 Å². The number of anilines is 1. The van der Waals surface area contributed by atoms with E-state index < -0.39 is 0 Å². The molecule has 1 atom stereocenters. The van der Waals surface area contributed by atoms with Crippen LogP contribution in [0.1, 0.15) is 28.8 Å². The lowest BCUT2D eigenvalue weighted by molar-refractivity contribution is 0.0963. The fourth-order valence-corrected chi connectivity index (χ4v) is 3.21. The van der Waals surface area contributed by atoms with Gasteiger partial charge in [-0.25, -0.2) is 0 Å². The SMILES string of the molecule is CNC(=O)c1ccc(C)c(NC2CCCSC2)c1. The molecule has 0 aromatic heterocycles. The van der Waals surface area contributed by atoms with Crippen molar-refractivity contribution in [3.63, 3.8) is 0 Å². The summed E-state index contributed by atoms with van der Waals surface area (Å²) in [6.07, 6.45) is 2.49. The predicted molar refractivity (Wildman–Crippen MR) is 78.5 cm³/mol. The average Bonchev–Trinajstić information content (AvgIpc) is 2.41. The maximum atomic E-state index is 11.6. The highest BCUT2D eigenvalue weighted by atomic mass is 32.2. The van der Waals surface area contributed by atoms with Gasteiger partial charge in [-0.1, -0.05) is 6.07 Å². The molecular formula is C14H20N2OS. The van der Waals surface area contributed by atoms with Crippen LogP contribution in [0, 0.1) is 6.92 Å². The van der Waals surface area contributed by atoms with Crippen LogP contribution < -0.4 is 10.6 Å². The largest absolute Gasteiger partial charge is 0.381 e. The van der Waals surface area contributed by atoms with Crippen LogP contribution in [0.5, 0.6) is 0 Å². The molecule has 0 spiro atoms. The molecule has 1 aromatic rings. The van der Waals surface area contributed by atoms with E-state index in [2.05, 4.69) is 17.6 Å². The third-order valence-corrected chi connectivity index (χ3v) is 4.46. The number of carbonyl (C=O) groups excluding carboxylic acids is 1. The smallest absolute Gasteiger partial charge is 0.251 e. The fourth-order valence-electron chi connectivity index (χ4n) is 2.14. The van der Waals surface area contributed by atoms with Crippen molar-refractivity contribution < 1.29 is 4.79 Å².